The fraction of sp³-hybridized carbons (Fsp3) is 0.333. The lowest BCUT2D eigenvalue weighted by Crippen LogP contribution is -2.12. The largest absolute Gasteiger partial charge is 0.343 e. The van der Waals surface area contributed by atoms with E-state index in [9.17, 15) is 4.79 Å². The maximum Gasteiger partial charge on any atom is 0.343 e. The van der Waals surface area contributed by atoms with Crippen LogP contribution in [0.25, 0.3) is 0 Å². The average Bonchev–Trinajstić information content (AvgIpc) is 2.61. The number of rotatable bonds is 3. The summed E-state index contributed by atoms with van der Waals surface area (Å²) in [6, 6.07) is 0. The molecular formula is C9H10ClN5OS. The van der Waals surface area contributed by atoms with Crippen LogP contribution < -0.4 is 5.69 Å². The summed E-state index contributed by atoms with van der Waals surface area (Å²) >= 11 is 7.27. The van der Waals surface area contributed by atoms with Gasteiger partial charge in [-0.3, -0.25) is 4.57 Å². The molecule has 0 unspecified atom stereocenters. The van der Waals surface area contributed by atoms with E-state index in [1.165, 1.54) is 22.7 Å². The van der Waals surface area contributed by atoms with Crippen molar-refractivity contribution in [1.29, 1.82) is 0 Å². The van der Waals surface area contributed by atoms with Gasteiger partial charge in [-0.1, -0.05) is 18.5 Å². The molecule has 90 valence electrons. The molecule has 0 fully saturated rings. The van der Waals surface area contributed by atoms with Gasteiger partial charge in [-0.05, 0) is 18.2 Å². The molecule has 0 bridgehead atoms. The number of aromatic amines is 1. The highest BCUT2D eigenvalue weighted by atomic mass is 35.5. The van der Waals surface area contributed by atoms with Crippen LogP contribution in [0.15, 0.2) is 21.3 Å². The number of H-pyrrole nitrogens is 1. The molecule has 0 saturated carbocycles. The number of hydrogen-bond acceptors (Lipinski definition) is 5. The standard InChI is InChI=1S/C9H10ClN5OS/c1-3-5-6(10)11-4-12-7(5)17-9-14-13-8(16)15(9)2/h4H,3H2,1-2H3,(H,13,16). The Bertz CT molecular complexity index is 593. The predicted octanol–water partition coefficient (Wildman–Crippen LogP) is 1.27. The minimum atomic E-state index is -0.259. The maximum atomic E-state index is 11.2. The van der Waals surface area contributed by atoms with Crippen LogP contribution in [0, 0.1) is 0 Å². The molecule has 0 aliphatic rings. The van der Waals surface area contributed by atoms with Crippen LogP contribution in [0.5, 0.6) is 0 Å². The highest BCUT2D eigenvalue weighted by Gasteiger charge is 2.13. The Hall–Kier alpha value is -1.34. The highest BCUT2D eigenvalue weighted by Crippen LogP contribution is 2.29. The van der Waals surface area contributed by atoms with Crippen LogP contribution in [0.3, 0.4) is 0 Å². The summed E-state index contributed by atoms with van der Waals surface area (Å²) in [7, 11) is 1.64. The van der Waals surface area contributed by atoms with Crippen molar-refractivity contribution in [2.45, 2.75) is 23.5 Å². The predicted molar refractivity (Wildman–Crippen MR) is 64.4 cm³/mol. The molecular weight excluding hydrogens is 262 g/mol. The normalized spacial score (nSPS) is 10.8. The van der Waals surface area contributed by atoms with Crippen LogP contribution in [0.4, 0.5) is 0 Å². The zero-order valence-corrected chi connectivity index (χ0v) is 10.8. The van der Waals surface area contributed by atoms with Gasteiger partial charge in [0.1, 0.15) is 16.5 Å². The molecule has 0 saturated heterocycles. The quantitative estimate of drug-likeness (QED) is 0.851. The molecule has 0 aromatic carbocycles. The maximum absolute atomic E-state index is 11.2. The minimum absolute atomic E-state index is 0.259. The summed E-state index contributed by atoms with van der Waals surface area (Å²) in [5.74, 6) is 0. The topological polar surface area (TPSA) is 76.5 Å². The molecule has 2 rings (SSSR count). The van der Waals surface area contributed by atoms with Gasteiger partial charge in [0.2, 0.25) is 0 Å². The van der Waals surface area contributed by atoms with Gasteiger partial charge in [-0.2, -0.15) is 0 Å². The molecule has 2 heterocycles. The van der Waals surface area contributed by atoms with Crippen LogP contribution in [0.2, 0.25) is 5.15 Å². The first-order chi connectivity index (χ1) is 8.13. The second-order valence-electron chi connectivity index (χ2n) is 3.27. The number of nitrogens with one attached hydrogen (secondary N) is 1. The summed E-state index contributed by atoms with van der Waals surface area (Å²) in [6.07, 6.45) is 2.12. The summed E-state index contributed by atoms with van der Waals surface area (Å²) in [5, 5.41) is 7.96. The van der Waals surface area contributed by atoms with Gasteiger partial charge in [0.05, 0.1) is 0 Å². The van der Waals surface area contributed by atoms with Crippen molar-refractivity contribution in [2.75, 3.05) is 0 Å². The molecule has 0 spiro atoms. The second kappa shape index (κ2) is 4.89. The van der Waals surface area contributed by atoms with Gasteiger partial charge in [0, 0.05) is 12.6 Å². The SMILES string of the molecule is CCc1c(Cl)ncnc1Sc1n[nH]c(=O)n1C. The molecule has 0 radical (unpaired) electrons. The second-order valence-corrected chi connectivity index (χ2v) is 4.59. The lowest BCUT2D eigenvalue weighted by molar-refractivity contribution is 0.763. The molecule has 17 heavy (non-hydrogen) atoms. The molecule has 0 amide bonds. The van der Waals surface area contributed by atoms with E-state index in [-0.39, 0.29) is 5.69 Å². The molecule has 0 atom stereocenters. The van der Waals surface area contributed by atoms with Crippen molar-refractivity contribution in [1.82, 2.24) is 24.7 Å². The van der Waals surface area contributed by atoms with E-state index in [0.717, 1.165) is 17.0 Å². The molecule has 0 aliphatic heterocycles. The fourth-order valence-corrected chi connectivity index (χ4v) is 2.54. The molecule has 8 heteroatoms. The summed E-state index contributed by atoms with van der Waals surface area (Å²) in [5.41, 5.74) is 0.598. The van der Waals surface area contributed by atoms with E-state index in [4.69, 9.17) is 11.6 Å². The Morgan fingerprint density at radius 2 is 2.29 bits per heavy atom. The Morgan fingerprint density at radius 1 is 1.53 bits per heavy atom. The summed E-state index contributed by atoms with van der Waals surface area (Å²) in [6.45, 7) is 1.97. The van der Waals surface area contributed by atoms with Crippen molar-refractivity contribution >= 4 is 23.4 Å². The average molecular weight is 272 g/mol. The van der Waals surface area contributed by atoms with E-state index >= 15 is 0 Å². The van der Waals surface area contributed by atoms with Crippen molar-refractivity contribution in [3.05, 3.63) is 27.5 Å². The van der Waals surface area contributed by atoms with Gasteiger partial charge in [-0.15, -0.1) is 5.10 Å². The van der Waals surface area contributed by atoms with Gasteiger partial charge in [-0.25, -0.2) is 19.9 Å². The van der Waals surface area contributed by atoms with E-state index in [0.29, 0.717) is 10.3 Å². The first kappa shape index (κ1) is 12.1. The first-order valence-corrected chi connectivity index (χ1v) is 6.11. The third kappa shape index (κ3) is 2.34. The smallest absolute Gasteiger partial charge is 0.273 e. The third-order valence-electron chi connectivity index (χ3n) is 2.23. The van der Waals surface area contributed by atoms with Crippen molar-refractivity contribution in [3.63, 3.8) is 0 Å². The Labute approximate surface area is 106 Å². The molecule has 2 aromatic rings. The van der Waals surface area contributed by atoms with E-state index in [1.54, 1.807) is 7.05 Å². The van der Waals surface area contributed by atoms with E-state index in [1.807, 2.05) is 6.92 Å². The number of hydrogen-bond donors (Lipinski definition) is 1. The third-order valence-corrected chi connectivity index (χ3v) is 3.65. The summed E-state index contributed by atoms with van der Waals surface area (Å²) < 4.78 is 1.42. The van der Waals surface area contributed by atoms with Gasteiger partial charge >= 0.3 is 5.69 Å². The van der Waals surface area contributed by atoms with Crippen LogP contribution in [-0.4, -0.2) is 24.7 Å². The van der Waals surface area contributed by atoms with Crippen molar-refractivity contribution in [2.24, 2.45) is 7.05 Å². The van der Waals surface area contributed by atoms with Crippen LogP contribution >= 0.6 is 23.4 Å². The number of halogens is 1. The van der Waals surface area contributed by atoms with E-state index < -0.39 is 0 Å². The first-order valence-electron chi connectivity index (χ1n) is 4.92. The monoisotopic (exact) mass is 271 g/mol. The Kier molecular flexibility index (Phi) is 3.49. The van der Waals surface area contributed by atoms with Crippen LogP contribution in [-0.2, 0) is 13.5 Å². The van der Waals surface area contributed by atoms with Gasteiger partial charge in [0.15, 0.2) is 5.16 Å². The van der Waals surface area contributed by atoms with Crippen LogP contribution in [0.1, 0.15) is 12.5 Å². The molecule has 2 aromatic heterocycles. The number of nitrogens with zero attached hydrogens (tertiary/aromatic N) is 4. The van der Waals surface area contributed by atoms with Gasteiger partial charge < -0.3 is 0 Å². The molecule has 0 aliphatic carbocycles. The van der Waals surface area contributed by atoms with Crippen molar-refractivity contribution in [3.8, 4) is 0 Å². The number of aromatic nitrogens is 5. The zero-order chi connectivity index (χ0) is 12.4. The van der Waals surface area contributed by atoms with E-state index in [2.05, 4.69) is 20.2 Å². The lowest BCUT2D eigenvalue weighted by Gasteiger charge is -2.05. The molecule has 6 nitrogen and oxygen atoms in total. The summed E-state index contributed by atoms with van der Waals surface area (Å²) in [4.78, 5) is 19.3. The molecule has 1 N–H and O–H groups in total. The zero-order valence-electron chi connectivity index (χ0n) is 9.27. The fourth-order valence-electron chi connectivity index (χ4n) is 1.27. The Morgan fingerprint density at radius 3 is 2.88 bits per heavy atom. The highest BCUT2D eigenvalue weighted by molar-refractivity contribution is 7.99. The Balaban J connectivity index is 2.39. The van der Waals surface area contributed by atoms with Crippen molar-refractivity contribution < 1.29 is 0 Å². The minimum Gasteiger partial charge on any atom is -0.273 e. The van der Waals surface area contributed by atoms with Gasteiger partial charge in [0.25, 0.3) is 0 Å². The lowest BCUT2D eigenvalue weighted by atomic mass is 10.3.